The summed E-state index contributed by atoms with van der Waals surface area (Å²) in [7, 11) is 0. The zero-order valence-electron chi connectivity index (χ0n) is 14.7. The minimum atomic E-state index is -0.446. The van der Waals surface area contributed by atoms with Crippen LogP contribution in [0, 0.1) is 17.8 Å². The number of pyridine rings is 1. The number of nitrogens with one attached hydrogen (secondary N) is 1. The molecule has 1 heterocycles. The van der Waals surface area contributed by atoms with E-state index >= 15 is 0 Å². The number of carbonyl (C=O) groups is 1. The lowest BCUT2D eigenvalue weighted by Crippen LogP contribution is -2.42. The third-order valence-electron chi connectivity index (χ3n) is 6.35. The second-order valence-corrected chi connectivity index (χ2v) is 8.23. The molecule has 0 aliphatic heterocycles. The van der Waals surface area contributed by atoms with Crippen molar-refractivity contribution in [2.24, 2.45) is 17.8 Å². The molecule has 136 valence electrons. The Labute approximate surface area is 149 Å². The van der Waals surface area contributed by atoms with Gasteiger partial charge in [0.2, 0.25) is 11.8 Å². The summed E-state index contributed by atoms with van der Waals surface area (Å²) in [6, 6.07) is 5.80. The van der Waals surface area contributed by atoms with Crippen molar-refractivity contribution in [1.29, 1.82) is 0 Å². The third-order valence-corrected chi connectivity index (χ3v) is 6.35. The molecule has 0 radical (unpaired) electrons. The van der Waals surface area contributed by atoms with E-state index in [-0.39, 0.29) is 11.9 Å². The van der Waals surface area contributed by atoms with Crippen molar-refractivity contribution < 1.29 is 14.6 Å². The lowest BCUT2D eigenvalue weighted by molar-refractivity contribution is -0.122. The molecule has 3 aliphatic rings. The summed E-state index contributed by atoms with van der Waals surface area (Å²) in [5.41, 5.74) is -0.446. The van der Waals surface area contributed by atoms with Gasteiger partial charge in [0.1, 0.15) is 0 Å². The summed E-state index contributed by atoms with van der Waals surface area (Å²) < 4.78 is 5.54. The summed E-state index contributed by atoms with van der Waals surface area (Å²) in [5, 5.41) is 14.0. The number of carbonyl (C=O) groups excluding carboxylic acids is 1. The van der Waals surface area contributed by atoms with E-state index in [2.05, 4.69) is 10.3 Å². The first-order valence-electron chi connectivity index (χ1n) is 9.67. The number of fused-ring (bicyclic) bond motifs is 2. The van der Waals surface area contributed by atoms with E-state index in [4.69, 9.17) is 4.74 Å². The highest BCUT2D eigenvalue weighted by atomic mass is 16.5. The van der Waals surface area contributed by atoms with E-state index in [1.165, 1.54) is 6.42 Å². The first kappa shape index (κ1) is 16.8. The van der Waals surface area contributed by atoms with Crippen LogP contribution in [-0.2, 0) is 4.79 Å². The van der Waals surface area contributed by atoms with Crippen LogP contribution in [0.5, 0.6) is 5.88 Å². The van der Waals surface area contributed by atoms with Crippen molar-refractivity contribution in [3.8, 4) is 5.88 Å². The molecule has 5 heteroatoms. The van der Waals surface area contributed by atoms with Crippen LogP contribution in [0.15, 0.2) is 24.4 Å². The van der Waals surface area contributed by atoms with Gasteiger partial charge in [-0.2, -0.15) is 0 Å². The van der Waals surface area contributed by atoms with Crippen molar-refractivity contribution in [2.75, 3.05) is 6.61 Å². The largest absolute Gasteiger partial charge is 0.478 e. The molecule has 3 fully saturated rings. The predicted octanol–water partition coefficient (Wildman–Crippen LogP) is 2.69. The molecule has 1 aromatic rings. The number of aliphatic hydroxyl groups is 1. The van der Waals surface area contributed by atoms with E-state index in [9.17, 15) is 9.90 Å². The quantitative estimate of drug-likeness (QED) is 0.779. The second kappa shape index (κ2) is 6.94. The monoisotopic (exact) mass is 344 g/mol. The Morgan fingerprint density at radius 3 is 3.08 bits per heavy atom. The van der Waals surface area contributed by atoms with E-state index in [1.54, 1.807) is 6.20 Å². The van der Waals surface area contributed by atoms with Gasteiger partial charge in [0, 0.05) is 24.7 Å². The van der Waals surface area contributed by atoms with Crippen molar-refractivity contribution in [3.63, 3.8) is 0 Å². The molecule has 0 saturated heterocycles. The van der Waals surface area contributed by atoms with Crippen LogP contribution in [0.3, 0.4) is 0 Å². The van der Waals surface area contributed by atoms with Gasteiger partial charge in [-0.3, -0.25) is 4.79 Å². The van der Waals surface area contributed by atoms with Crippen LogP contribution in [0.1, 0.15) is 51.4 Å². The van der Waals surface area contributed by atoms with Gasteiger partial charge in [-0.25, -0.2) is 4.98 Å². The smallest absolute Gasteiger partial charge is 0.220 e. The molecule has 4 rings (SSSR count). The Morgan fingerprint density at radius 2 is 2.24 bits per heavy atom. The average molecular weight is 344 g/mol. The highest BCUT2D eigenvalue weighted by Crippen LogP contribution is 2.55. The summed E-state index contributed by atoms with van der Waals surface area (Å²) in [6.45, 7) is 0.503. The molecule has 3 saturated carbocycles. The first-order chi connectivity index (χ1) is 12.1. The maximum atomic E-state index is 12.4. The summed E-state index contributed by atoms with van der Waals surface area (Å²) in [5.74, 6) is 2.44. The van der Waals surface area contributed by atoms with Crippen LogP contribution in [0.4, 0.5) is 0 Å². The molecular weight excluding hydrogens is 316 g/mol. The highest BCUT2D eigenvalue weighted by molar-refractivity contribution is 5.76. The van der Waals surface area contributed by atoms with Crippen molar-refractivity contribution in [1.82, 2.24) is 10.3 Å². The molecule has 5 unspecified atom stereocenters. The van der Waals surface area contributed by atoms with Crippen molar-refractivity contribution >= 4 is 5.91 Å². The minimum Gasteiger partial charge on any atom is -0.478 e. The molecule has 1 amide bonds. The molecule has 3 bridgehead atoms. The Kier molecular flexibility index (Phi) is 4.67. The standard InChI is InChI=1S/C20H28N2O3/c23-18(4-3-9-25-19-5-1-2-8-21-19)22-17-7-6-14-10-15-12-20(24,11-14)13-16(15)17/h1-2,5,8,14-17,24H,3-4,6-7,9-13H2,(H,22,23). The maximum Gasteiger partial charge on any atom is 0.220 e. The zero-order valence-corrected chi connectivity index (χ0v) is 14.7. The van der Waals surface area contributed by atoms with E-state index < -0.39 is 5.60 Å². The summed E-state index contributed by atoms with van der Waals surface area (Å²) >= 11 is 0. The number of amides is 1. The SMILES string of the molecule is O=C(CCCOc1ccccn1)NC1CCC2CC3CC(O)(C2)CC31. The van der Waals surface area contributed by atoms with Gasteiger partial charge >= 0.3 is 0 Å². The Hall–Kier alpha value is -1.62. The van der Waals surface area contributed by atoms with E-state index in [1.807, 2.05) is 18.2 Å². The summed E-state index contributed by atoms with van der Waals surface area (Å²) in [6.07, 6.45) is 9.12. The fourth-order valence-corrected chi connectivity index (χ4v) is 5.42. The van der Waals surface area contributed by atoms with Gasteiger partial charge < -0.3 is 15.2 Å². The number of aromatic nitrogens is 1. The second-order valence-electron chi connectivity index (χ2n) is 8.23. The Morgan fingerprint density at radius 1 is 1.32 bits per heavy atom. The van der Waals surface area contributed by atoms with Crippen LogP contribution in [0.2, 0.25) is 0 Å². The van der Waals surface area contributed by atoms with Gasteiger partial charge in [-0.15, -0.1) is 0 Å². The molecule has 3 aliphatic carbocycles. The van der Waals surface area contributed by atoms with Crippen LogP contribution in [-0.4, -0.2) is 34.2 Å². The lowest BCUT2D eigenvalue weighted by Gasteiger charge is -2.33. The Bertz CT molecular complexity index is 608. The first-order valence-corrected chi connectivity index (χ1v) is 9.67. The number of nitrogens with zero attached hydrogens (tertiary/aromatic N) is 1. The molecule has 5 atom stereocenters. The normalized spacial score (nSPS) is 36.0. The van der Waals surface area contributed by atoms with Crippen molar-refractivity contribution in [3.05, 3.63) is 24.4 Å². The average Bonchev–Trinajstić information content (AvgIpc) is 2.78. The van der Waals surface area contributed by atoms with Gasteiger partial charge in [-0.1, -0.05) is 6.07 Å². The fourth-order valence-electron chi connectivity index (χ4n) is 5.42. The number of hydrogen-bond donors (Lipinski definition) is 2. The maximum absolute atomic E-state index is 12.4. The molecule has 25 heavy (non-hydrogen) atoms. The Balaban J connectivity index is 1.24. The van der Waals surface area contributed by atoms with E-state index in [0.717, 1.165) is 32.1 Å². The number of rotatable bonds is 6. The minimum absolute atomic E-state index is 0.114. The highest BCUT2D eigenvalue weighted by Gasteiger charge is 2.53. The summed E-state index contributed by atoms with van der Waals surface area (Å²) in [4.78, 5) is 16.5. The molecular formula is C20H28N2O3. The zero-order chi connectivity index (χ0) is 17.3. The van der Waals surface area contributed by atoms with E-state index in [0.29, 0.717) is 43.1 Å². The molecule has 0 spiro atoms. The van der Waals surface area contributed by atoms with Crippen LogP contribution in [0.25, 0.3) is 0 Å². The van der Waals surface area contributed by atoms with Crippen molar-refractivity contribution in [2.45, 2.75) is 63.0 Å². The molecule has 5 nitrogen and oxygen atoms in total. The molecule has 0 aromatic carbocycles. The number of hydrogen-bond acceptors (Lipinski definition) is 4. The lowest BCUT2D eigenvalue weighted by atomic mass is 9.77. The molecule has 2 N–H and O–H groups in total. The third kappa shape index (κ3) is 3.81. The van der Waals surface area contributed by atoms with Gasteiger partial charge in [0.25, 0.3) is 0 Å². The van der Waals surface area contributed by atoms with Crippen LogP contribution >= 0.6 is 0 Å². The topological polar surface area (TPSA) is 71.5 Å². The van der Waals surface area contributed by atoms with Gasteiger partial charge in [0.05, 0.1) is 12.2 Å². The fraction of sp³-hybridized carbons (Fsp3) is 0.700. The predicted molar refractivity (Wildman–Crippen MR) is 94.0 cm³/mol. The van der Waals surface area contributed by atoms with Crippen LogP contribution < -0.4 is 10.1 Å². The van der Waals surface area contributed by atoms with Gasteiger partial charge in [-0.05, 0) is 68.8 Å². The van der Waals surface area contributed by atoms with Gasteiger partial charge in [0.15, 0.2) is 0 Å². The number of ether oxygens (including phenoxy) is 1. The molecule has 1 aromatic heterocycles.